The van der Waals surface area contributed by atoms with Crippen molar-refractivity contribution in [3.8, 4) is 0 Å². The Balaban J connectivity index is 2.32. The predicted molar refractivity (Wildman–Crippen MR) is 56.2 cm³/mol. The van der Waals surface area contributed by atoms with Gasteiger partial charge in [0.25, 0.3) is 0 Å². The molecule has 0 radical (unpaired) electrons. The first kappa shape index (κ1) is 10.5. The number of hydrogen-bond acceptors (Lipinski definition) is 2. The largest absolute Gasteiger partial charge is 0.329 e. The van der Waals surface area contributed by atoms with E-state index in [1.54, 1.807) is 9.80 Å². The molecule has 0 aromatic rings. The van der Waals surface area contributed by atoms with Crippen molar-refractivity contribution in [3.63, 3.8) is 0 Å². The fraction of sp³-hybridized carbons (Fsp3) is 0.818. The normalized spacial score (nSPS) is 31.5. The molecule has 0 aliphatic carbocycles. The predicted octanol–water partition coefficient (Wildman–Crippen LogP) is 0.618. The van der Waals surface area contributed by atoms with Gasteiger partial charge in [0.15, 0.2) is 0 Å². The molecular weight excluding hydrogens is 192 g/mol. The molecule has 1 unspecified atom stereocenters. The number of hydrogen-bond donors (Lipinski definition) is 0. The minimum absolute atomic E-state index is 0.100. The van der Waals surface area contributed by atoms with Crippen LogP contribution in [0.3, 0.4) is 0 Å². The summed E-state index contributed by atoms with van der Waals surface area (Å²) in [6.45, 7) is 6.81. The van der Waals surface area contributed by atoms with E-state index in [1.165, 1.54) is 0 Å². The van der Waals surface area contributed by atoms with Gasteiger partial charge in [0.2, 0.25) is 11.8 Å². The van der Waals surface area contributed by atoms with Gasteiger partial charge in [0, 0.05) is 12.6 Å². The Morgan fingerprint density at radius 3 is 2.60 bits per heavy atom. The topological polar surface area (TPSA) is 40.6 Å². The summed E-state index contributed by atoms with van der Waals surface area (Å²) in [5, 5.41) is 0. The van der Waals surface area contributed by atoms with Crippen LogP contribution in [0.15, 0.2) is 0 Å². The van der Waals surface area contributed by atoms with E-state index < -0.39 is 5.54 Å². The van der Waals surface area contributed by atoms with Gasteiger partial charge < -0.3 is 9.80 Å². The van der Waals surface area contributed by atoms with E-state index in [2.05, 4.69) is 0 Å². The Kier molecular flexibility index (Phi) is 2.24. The van der Waals surface area contributed by atoms with E-state index >= 15 is 0 Å². The fourth-order valence-corrected chi connectivity index (χ4v) is 2.61. The van der Waals surface area contributed by atoms with Crippen molar-refractivity contribution in [1.29, 1.82) is 0 Å². The van der Waals surface area contributed by atoms with Crippen LogP contribution >= 0.6 is 0 Å². The molecule has 2 rings (SSSR count). The van der Waals surface area contributed by atoms with Crippen molar-refractivity contribution in [2.45, 2.75) is 45.2 Å². The van der Waals surface area contributed by atoms with E-state index in [1.807, 2.05) is 20.8 Å². The zero-order chi connectivity index (χ0) is 11.2. The Morgan fingerprint density at radius 2 is 2.00 bits per heavy atom. The minimum atomic E-state index is -0.556. The number of fused-ring (bicyclic) bond motifs is 1. The lowest BCUT2D eigenvalue weighted by atomic mass is 9.93. The Bertz CT molecular complexity index is 314. The summed E-state index contributed by atoms with van der Waals surface area (Å²) in [6.07, 6.45) is 1.75. The zero-order valence-electron chi connectivity index (χ0n) is 9.62. The average Bonchev–Trinajstić information content (AvgIpc) is 2.55. The second-order valence-corrected chi connectivity index (χ2v) is 4.95. The molecule has 0 saturated carbocycles. The van der Waals surface area contributed by atoms with Crippen LogP contribution in [0.25, 0.3) is 0 Å². The molecule has 0 aromatic heterocycles. The molecule has 0 bridgehead atoms. The summed E-state index contributed by atoms with van der Waals surface area (Å²) in [6, 6.07) is 0.112. The molecular formula is C11H18N2O2. The summed E-state index contributed by atoms with van der Waals surface area (Å²) in [5.41, 5.74) is -0.556. The Hall–Kier alpha value is -1.06. The smallest absolute Gasteiger partial charge is 0.248 e. The Morgan fingerprint density at radius 1 is 1.33 bits per heavy atom. The van der Waals surface area contributed by atoms with Crippen molar-refractivity contribution < 1.29 is 9.59 Å². The van der Waals surface area contributed by atoms with Crippen LogP contribution in [0, 0.1) is 0 Å². The standard InChI is InChI=1S/C11H18N2O2/c1-8(2)12-7-9(14)13-6-4-5-11(13,3)10(12)15/h8H,4-7H2,1-3H3. The maximum absolute atomic E-state index is 12.2. The number of amides is 2. The van der Waals surface area contributed by atoms with E-state index in [-0.39, 0.29) is 24.4 Å². The quantitative estimate of drug-likeness (QED) is 0.636. The highest BCUT2D eigenvalue weighted by molar-refractivity contribution is 5.98. The lowest BCUT2D eigenvalue weighted by Crippen LogP contribution is -2.65. The highest BCUT2D eigenvalue weighted by atomic mass is 16.2. The number of carbonyl (C=O) groups excluding carboxylic acids is 2. The summed E-state index contributed by atoms with van der Waals surface area (Å²) >= 11 is 0. The summed E-state index contributed by atoms with van der Waals surface area (Å²) in [4.78, 5) is 27.6. The number of rotatable bonds is 1. The molecule has 2 fully saturated rings. The summed E-state index contributed by atoms with van der Waals surface area (Å²) in [5.74, 6) is 0.220. The fourth-order valence-electron chi connectivity index (χ4n) is 2.61. The number of nitrogens with zero attached hydrogens (tertiary/aromatic N) is 2. The average molecular weight is 210 g/mol. The van der Waals surface area contributed by atoms with E-state index in [0.29, 0.717) is 0 Å². The third kappa shape index (κ3) is 1.34. The molecule has 0 aromatic carbocycles. The summed E-state index contributed by atoms with van der Waals surface area (Å²) in [7, 11) is 0. The van der Waals surface area contributed by atoms with Gasteiger partial charge in [-0.3, -0.25) is 9.59 Å². The van der Waals surface area contributed by atoms with Crippen molar-refractivity contribution in [2.24, 2.45) is 0 Å². The van der Waals surface area contributed by atoms with Crippen molar-refractivity contribution >= 4 is 11.8 Å². The second kappa shape index (κ2) is 3.22. The van der Waals surface area contributed by atoms with Crippen molar-refractivity contribution in [2.75, 3.05) is 13.1 Å². The van der Waals surface area contributed by atoms with Gasteiger partial charge in [-0.2, -0.15) is 0 Å². The molecule has 2 heterocycles. The molecule has 15 heavy (non-hydrogen) atoms. The van der Waals surface area contributed by atoms with Crippen LogP contribution in [0.4, 0.5) is 0 Å². The van der Waals surface area contributed by atoms with Crippen LogP contribution in [0.1, 0.15) is 33.6 Å². The van der Waals surface area contributed by atoms with Crippen LogP contribution in [0.2, 0.25) is 0 Å². The van der Waals surface area contributed by atoms with Crippen molar-refractivity contribution in [3.05, 3.63) is 0 Å². The molecule has 2 aliphatic heterocycles. The molecule has 2 aliphatic rings. The highest BCUT2D eigenvalue weighted by Gasteiger charge is 2.51. The second-order valence-electron chi connectivity index (χ2n) is 4.95. The van der Waals surface area contributed by atoms with Crippen LogP contribution in [0.5, 0.6) is 0 Å². The third-order valence-electron chi connectivity index (χ3n) is 3.59. The SMILES string of the molecule is CC(C)N1CC(=O)N2CCCC2(C)C1=O. The van der Waals surface area contributed by atoms with Crippen molar-refractivity contribution in [1.82, 2.24) is 9.80 Å². The van der Waals surface area contributed by atoms with Gasteiger partial charge in [-0.1, -0.05) is 0 Å². The number of piperazine rings is 1. The molecule has 84 valence electrons. The van der Waals surface area contributed by atoms with E-state index in [9.17, 15) is 9.59 Å². The zero-order valence-corrected chi connectivity index (χ0v) is 9.62. The number of carbonyl (C=O) groups is 2. The maximum atomic E-state index is 12.2. The van der Waals surface area contributed by atoms with Gasteiger partial charge in [-0.25, -0.2) is 0 Å². The van der Waals surface area contributed by atoms with Gasteiger partial charge in [-0.05, 0) is 33.6 Å². The molecule has 4 heteroatoms. The molecule has 0 spiro atoms. The molecule has 4 nitrogen and oxygen atoms in total. The van der Waals surface area contributed by atoms with E-state index in [0.717, 1.165) is 19.4 Å². The van der Waals surface area contributed by atoms with E-state index in [4.69, 9.17) is 0 Å². The lowest BCUT2D eigenvalue weighted by molar-refractivity contribution is -0.162. The van der Waals surface area contributed by atoms with Gasteiger partial charge in [0.05, 0.1) is 0 Å². The van der Waals surface area contributed by atoms with Gasteiger partial charge >= 0.3 is 0 Å². The first-order chi connectivity index (χ1) is 6.97. The van der Waals surface area contributed by atoms with Crippen LogP contribution in [-0.4, -0.2) is 46.3 Å². The first-order valence-corrected chi connectivity index (χ1v) is 5.58. The van der Waals surface area contributed by atoms with Crippen LogP contribution in [-0.2, 0) is 9.59 Å². The lowest BCUT2D eigenvalue weighted by Gasteiger charge is -2.44. The highest BCUT2D eigenvalue weighted by Crippen LogP contribution is 2.34. The summed E-state index contributed by atoms with van der Waals surface area (Å²) < 4.78 is 0. The molecule has 2 amide bonds. The van der Waals surface area contributed by atoms with Crippen LogP contribution < -0.4 is 0 Å². The molecule has 0 N–H and O–H groups in total. The molecule has 2 saturated heterocycles. The monoisotopic (exact) mass is 210 g/mol. The first-order valence-electron chi connectivity index (χ1n) is 5.58. The maximum Gasteiger partial charge on any atom is 0.248 e. The van der Waals surface area contributed by atoms with Gasteiger partial charge in [-0.15, -0.1) is 0 Å². The third-order valence-corrected chi connectivity index (χ3v) is 3.59. The van der Waals surface area contributed by atoms with Gasteiger partial charge in [0.1, 0.15) is 12.1 Å². The molecule has 1 atom stereocenters. The Labute approximate surface area is 90.2 Å². The minimum Gasteiger partial charge on any atom is -0.329 e.